The summed E-state index contributed by atoms with van der Waals surface area (Å²) in [5.74, 6) is -0.668. The quantitative estimate of drug-likeness (QED) is 0.446. The van der Waals surface area contributed by atoms with Crippen LogP contribution in [0.3, 0.4) is 0 Å². The summed E-state index contributed by atoms with van der Waals surface area (Å²) in [5, 5.41) is 20.1. The zero-order valence-electron chi connectivity index (χ0n) is 12.0. The maximum atomic E-state index is 10.9. The molecule has 1 aromatic carbocycles. The van der Waals surface area contributed by atoms with Crippen molar-refractivity contribution in [1.29, 1.82) is 0 Å². The number of nitro groups is 1. The van der Waals surface area contributed by atoms with Crippen LogP contribution in [0, 0.1) is 15.5 Å². The van der Waals surface area contributed by atoms with Gasteiger partial charge in [0.2, 0.25) is 0 Å². The van der Waals surface area contributed by atoms with Crippen LogP contribution in [0.4, 0.5) is 5.69 Å². The molecule has 6 nitrogen and oxygen atoms in total. The standard InChI is InChI=1S/C14H18ClNO5/c1-14(2,13(17)18)7-3-4-8-21-12-6-5-10(15)9-11(12)16(19)20/h5-6,9H,3-4,7-8H2,1-2H3,(H,17,18). The first kappa shape index (κ1) is 17.2. The number of carbonyl (C=O) groups is 1. The predicted molar refractivity (Wildman–Crippen MR) is 78.9 cm³/mol. The molecule has 0 heterocycles. The molecule has 0 saturated carbocycles. The fourth-order valence-electron chi connectivity index (χ4n) is 1.71. The molecule has 1 aromatic rings. The van der Waals surface area contributed by atoms with E-state index in [1.165, 1.54) is 18.2 Å². The van der Waals surface area contributed by atoms with Crippen molar-refractivity contribution >= 4 is 23.3 Å². The summed E-state index contributed by atoms with van der Waals surface area (Å²) in [5.41, 5.74) is -0.944. The second-order valence-electron chi connectivity index (χ2n) is 5.36. The summed E-state index contributed by atoms with van der Waals surface area (Å²) in [7, 11) is 0. The molecule has 0 bridgehead atoms. The van der Waals surface area contributed by atoms with Gasteiger partial charge in [0.1, 0.15) is 0 Å². The fourth-order valence-corrected chi connectivity index (χ4v) is 1.88. The smallest absolute Gasteiger partial charge is 0.312 e. The number of halogens is 1. The van der Waals surface area contributed by atoms with Crippen LogP contribution >= 0.6 is 11.6 Å². The number of benzene rings is 1. The van der Waals surface area contributed by atoms with Gasteiger partial charge in [0.15, 0.2) is 5.75 Å². The minimum absolute atomic E-state index is 0.168. The Morgan fingerprint density at radius 3 is 2.67 bits per heavy atom. The van der Waals surface area contributed by atoms with E-state index in [4.69, 9.17) is 21.4 Å². The summed E-state index contributed by atoms with van der Waals surface area (Å²) in [6.07, 6.45) is 1.81. The Balaban J connectivity index is 2.47. The minimum atomic E-state index is -0.836. The first-order valence-corrected chi connectivity index (χ1v) is 6.92. The third kappa shape index (κ3) is 5.23. The number of ether oxygens (including phenoxy) is 1. The summed E-state index contributed by atoms with van der Waals surface area (Å²) in [6.45, 7) is 3.62. The Kier molecular flexibility index (Phi) is 5.96. The van der Waals surface area contributed by atoms with Gasteiger partial charge in [0, 0.05) is 11.1 Å². The number of carboxylic acids is 1. The Bertz CT molecular complexity index is 530. The second-order valence-corrected chi connectivity index (χ2v) is 5.80. The van der Waals surface area contributed by atoms with Gasteiger partial charge >= 0.3 is 11.7 Å². The number of aliphatic carboxylic acids is 1. The molecule has 7 heteroatoms. The Morgan fingerprint density at radius 2 is 2.10 bits per heavy atom. The largest absolute Gasteiger partial charge is 0.487 e. The highest BCUT2D eigenvalue weighted by atomic mass is 35.5. The van der Waals surface area contributed by atoms with Crippen LogP contribution in [-0.2, 0) is 4.79 Å². The van der Waals surface area contributed by atoms with Crippen LogP contribution in [0.2, 0.25) is 5.02 Å². The van der Waals surface area contributed by atoms with E-state index in [1.807, 2.05) is 0 Å². The van der Waals surface area contributed by atoms with Crippen molar-refractivity contribution in [3.8, 4) is 5.75 Å². The molecule has 0 saturated heterocycles. The molecule has 0 fully saturated rings. The molecule has 0 aliphatic carbocycles. The Labute approximate surface area is 127 Å². The lowest BCUT2D eigenvalue weighted by Gasteiger charge is -2.18. The van der Waals surface area contributed by atoms with Crippen molar-refractivity contribution in [1.82, 2.24) is 0 Å². The number of nitro benzene ring substituents is 1. The first-order chi connectivity index (χ1) is 9.74. The van der Waals surface area contributed by atoms with Crippen LogP contribution in [0.1, 0.15) is 33.1 Å². The number of hydrogen-bond acceptors (Lipinski definition) is 4. The third-order valence-electron chi connectivity index (χ3n) is 3.15. The predicted octanol–water partition coefficient (Wildman–Crippen LogP) is 3.91. The van der Waals surface area contributed by atoms with Gasteiger partial charge in [-0.1, -0.05) is 11.6 Å². The molecule has 0 atom stereocenters. The first-order valence-electron chi connectivity index (χ1n) is 6.54. The van der Waals surface area contributed by atoms with E-state index in [0.29, 0.717) is 19.3 Å². The van der Waals surface area contributed by atoms with Crippen LogP contribution in [0.25, 0.3) is 0 Å². The minimum Gasteiger partial charge on any atom is -0.487 e. The van der Waals surface area contributed by atoms with E-state index in [1.54, 1.807) is 13.8 Å². The van der Waals surface area contributed by atoms with E-state index >= 15 is 0 Å². The lowest BCUT2D eigenvalue weighted by Crippen LogP contribution is -2.23. The lowest BCUT2D eigenvalue weighted by atomic mass is 9.87. The molecule has 0 unspecified atom stereocenters. The molecule has 116 valence electrons. The van der Waals surface area contributed by atoms with Crippen molar-refractivity contribution in [2.45, 2.75) is 33.1 Å². The number of unbranched alkanes of at least 4 members (excludes halogenated alkanes) is 1. The number of hydrogen-bond donors (Lipinski definition) is 1. The van der Waals surface area contributed by atoms with Gasteiger partial charge in [-0.15, -0.1) is 0 Å². The molecular weight excluding hydrogens is 298 g/mol. The van der Waals surface area contributed by atoms with E-state index in [-0.39, 0.29) is 23.1 Å². The molecule has 0 aliphatic rings. The van der Waals surface area contributed by atoms with E-state index < -0.39 is 16.3 Å². The van der Waals surface area contributed by atoms with E-state index in [0.717, 1.165) is 0 Å². The summed E-state index contributed by atoms with van der Waals surface area (Å²) in [6, 6.07) is 4.23. The van der Waals surface area contributed by atoms with E-state index in [2.05, 4.69) is 0 Å². The highest BCUT2D eigenvalue weighted by molar-refractivity contribution is 6.30. The fraction of sp³-hybridized carbons (Fsp3) is 0.500. The van der Waals surface area contributed by atoms with Crippen molar-refractivity contribution in [3.63, 3.8) is 0 Å². The summed E-state index contributed by atoms with van der Waals surface area (Å²) >= 11 is 5.71. The summed E-state index contributed by atoms with van der Waals surface area (Å²) < 4.78 is 5.38. The zero-order chi connectivity index (χ0) is 16.0. The average molecular weight is 316 g/mol. The SMILES string of the molecule is CC(C)(CCCCOc1ccc(Cl)cc1[N+](=O)[O-])C(=O)O. The molecular formula is C14H18ClNO5. The van der Waals surface area contributed by atoms with Gasteiger partial charge in [-0.25, -0.2) is 0 Å². The molecule has 0 spiro atoms. The molecule has 0 radical (unpaired) electrons. The van der Waals surface area contributed by atoms with Crippen LogP contribution in [0.15, 0.2) is 18.2 Å². The molecule has 0 aromatic heterocycles. The van der Waals surface area contributed by atoms with Crippen molar-refractivity contribution < 1.29 is 19.6 Å². The third-order valence-corrected chi connectivity index (χ3v) is 3.39. The maximum absolute atomic E-state index is 10.9. The number of nitrogens with zero attached hydrogens (tertiary/aromatic N) is 1. The van der Waals surface area contributed by atoms with Gasteiger partial charge in [-0.05, 0) is 45.2 Å². The molecule has 0 aliphatic heterocycles. The monoisotopic (exact) mass is 315 g/mol. The second kappa shape index (κ2) is 7.26. The van der Waals surface area contributed by atoms with Crippen LogP contribution in [-0.4, -0.2) is 22.6 Å². The zero-order valence-corrected chi connectivity index (χ0v) is 12.7. The van der Waals surface area contributed by atoms with Gasteiger partial charge in [-0.3, -0.25) is 14.9 Å². The molecule has 21 heavy (non-hydrogen) atoms. The van der Waals surface area contributed by atoms with Crippen molar-refractivity contribution in [2.24, 2.45) is 5.41 Å². The Hall–Kier alpha value is -1.82. The average Bonchev–Trinajstić information content (AvgIpc) is 2.39. The van der Waals surface area contributed by atoms with Gasteiger partial charge in [0.25, 0.3) is 0 Å². The highest BCUT2D eigenvalue weighted by Gasteiger charge is 2.26. The maximum Gasteiger partial charge on any atom is 0.312 e. The lowest BCUT2D eigenvalue weighted by molar-refractivity contribution is -0.385. The summed E-state index contributed by atoms with van der Waals surface area (Å²) in [4.78, 5) is 21.3. The number of rotatable bonds is 8. The molecule has 0 amide bonds. The number of carboxylic acid groups (broad SMARTS) is 1. The van der Waals surface area contributed by atoms with Crippen molar-refractivity contribution in [3.05, 3.63) is 33.3 Å². The van der Waals surface area contributed by atoms with Gasteiger partial charge in [-0.2, -0.15) is 0 Å². The van der Waals surface area contributed by atoms with Gasteiger partial charge in [0.05, 0.1) is 16.9 Å². The molecule has 1 N–H and O–H groups in total. The van der Waals surface area contributed by atoms with Crippen LogP contribution < -0.4 is 4.74 Å². The topological polar surface area (TPSA) is 89.7 Å². The molecule has 1 rings (SSSR count). The highest BCUT2D eigenvalue weighted by Crippen LogP contribution is 2.30. The van der Waals surface area contributed by atoms with Gasteiger partial charge < -0.3 is 9.84 Å². The van der Waals surface area contributed by atoms with Crippen molar-refractivity contribution in [2.75, 3.05) is 6.61 Å². The normalized spacial score (nSPS) is 11.2. The van der Waals surface area contributed by atoms with Crippen LogP contribution in [0.5, 0.6) is 5.75 Å². The Morgan fingerprint density at radius 1 is 1.43 bits per heavy atom. The van der Waals surface area contributed by atoms with E-state index in [9.17, 15) is 14.9 Å².